The molecule has 14 heteroatoms. The number of allylic oxidation sites excluding steroid dienone is 2. The maximum absolute atomic E-state index is 14.2. The van der Waals surface area contributed by atoms with Crippen LogP contribution >= 0.6 is 0 Å². The highest BCUT2D eigenvalue weighted by molar-refractivity contribution is 6.04. The van der Waals surface area contributed by atoms with Gasteiger partial charge in [-0.05, 0) is 49.6 Å². The van der Waals surface area contributed by atoms with Gasteiger partial charge in [-0.1, -0.05) is 36.4 Å². The van der Waals surface area contributed by atoms with E-state index in [0.717, 1.165) is 12.1 Å². The zero-order valence-electron chi connectivity index (χ0n) is 24.8. The molecule has 2 aliphatic heterocycles. The number of hydrogen-bond donors (Lipinski definition) is 2. The van der Waals surface area contributed by atoms with Crippen LogP contribution < -0.4 is 10.6 Å². The van der Waals surface area contributed by atoms with Crippen LogP contribution in [0.15, 0.2) is 77.1 Å². The van der Waals surface area contributed by atoms with Gasteiger partial charge >= 0.3 is 12.3 Å². The summed E-state index contributed by atoms with van der Waals surface area (Å²) in [5.74, 6) is -1.95. The van der Waals surface area contributed by atoms with Crippen LogP contribution in [0.1, 0.15) is 37.8 Å². The molecular weight excluding hydrogens is 603 g/mol. The van der Waals surface area contributed by atoms with Crippen molar-refractivity contribution in [3.63, 3.8) is 0 Å². The number of nitrogens with one attached hydrogen (secondary N) is 2. The number of benzene rings is 2. The Labute approximate surface area is 256 Å². The van der Waals surface area contributed by atoms with Crippen LogP contribution in [-0.2, 0) is 32.2 Å². The zero-order valence-corrected chi connectivity index (χ0v) is 24.8. The van der Waals surface area contributed by atoms with Gasteiger partial charge in [0.2, 0.25) is 5.91 Å². The lowest BCUT2D eigenvalue weighted by Gasteiger charge is -2.33. The Morgan fingerprint density at radius 3 is 2.33 bits per heavy atom. The molecule has 0 saturated carbocycles. The fourth-order valence-corrected chi connectivity index (χ4v) is 4.76. The third kappa shape index (κ3) is 8.81. The summed E-state index contributed by atoms with van der Waals surface area (Å²) >= 11 is 0. The first-order valence-electron chi connectivity index (χ1n) is 14.0. The molecular formula is C31H33F5N4O5. The lowest BCUT2D eigenvalue weighted by molar-refractivity contribution is -0.138. The van der Waals surface area contributed by atoms with E-state index in [1.165, 1.54) is 25.0 Å². The van der Waals surface area contributed by atoms with Crippen molar-refractivity contribution in [3.8, 4) is 0 Å². The van der Waals surface area contributed by atoms with Crippen LogP contribution in [0.5, 0.6) is 0 Å². The number of rotatable bonds is 12. The van der Waals surface area contributed by atoms with Crippen LogP contribution in [0.3, 0.4) is 0 Å². The number of fused-ring (bicyclic) bond motifs is 1. The number of halogens is 5. The number of amidine groups is 1. The number of alkyl halides is 3. The average molecular weight is 637 g/mol. The number of alkyl carbamates (subject to hydrolysis) is 1. The maximum Gasteiger partial charge on any atom is 0.407 e. The first-order chi connectivity index (χ1) is 21.3. The predicted molar refractivity (Wildman–Crippen MR) is 153 cm³/mol. The number of methoxy groups -OCH3 is 1. The van der Waals surface area contributed by atoms with Gasteiger partial charge in [-0.3, -0.25) is 4.79 Å². The van der Waals surface area contributed by atoms with Crippen LogP contribution in [0.2, 0.25) is 0 Å². The molecule has 45 heavy (non-hydrogen) atoms. The van der Waals surface area contributed by atoms with Gasteiger partial charge in [-0.15, -0.1) is 0 Å². The van der Waals surface area contributed by atoms with Gasteiger partial charge in [-0.2, -0.15) is 13.2 Å². The highest BCUT2D eigenvalue weighted by atomic mass is 19.4. The molecule has 0 bridgehead atoms. The van der Waals surface area contributed by atoms with Gasteiger partial charge in [0.15, 0.2) is 23.9 Å². The summed E-state index contributed by atoms with van der Waals surface area (Å²) in [6.45, 7) is 2.14. The molecule has 2 aromatic carbocycles. The third-order valence-electron chi connectivity index (χ3n) is 7.16. The molecule has 3 atom stereocenters. The normalized spacial score (nSPS) is 19.0. The SMILES string of the molecule is COC1N=C2C(OCc3c(F)cccc3F)=CC(C)=CN2C1C(=O)NCC(C)(CCC(F)(F)F)NC(=O)OCc1ccccc1. The van der Waals surface area contributed by atoms with E-state index in [2.05, 4.69) is 15.6 Å². The van der Waals surface area contributed by atoms with Crippen molar-refractivity contribution in [2.75, 3.05) is 13.7 Å². The smallest absolute Gasteiger partial charge is 0.407 e. The summed E-state index contributed by atoms with van der Waals surface area (Å²) in [6, 6.07) is 11.0. The highest BCUT2D eigenvalue weighted by Gasteiger charge is 2.44. The Kier molecular flexibility index (Phi) is 10.5. The Hall–Kier alpha value is -4.46. The summed E-state index contributed by atoms with van der Waals surface area (Å²) in [5, 5.41) is 5.09. The second-order valence-electron chi connectivity index (χ2n) is 10.9. The molecule has 3 unspecified atom stereocenters. The third-order valence-corrected chi connectivity index (χ3v) is 7.16. The van der Waals surface area contributed by atoms with Crippen molar-refractivity contribution in [3.05, 3.63) is 94.9 Å². The molecule has 2 aliphatic rings. The summed E-state index contributed by atoms with van der Waals surface area (Å²) in [7, 11) is 1.32. The van der Waals surface area contributed by atoms with Crippen molar-refractivity contribution < 1.29 is 45.8 Å². The number of amides is 2. The van der Waals surface area contributed by atoms with E-state index in [1.807, 2.05) is 0 Å². The molecule has 9 nitrogen and oxygen atoms in total. The number of aliphatic imine (C=N–C) groups is 1. The van der Waals surface area contributed by atoms with E-state index in [0.29, 0.717) is 11.1 Å². The van der Waals surface area contributed by atoms with Crippen LogP contribution in [-0.4, -0.2) is 60.4 Å². The fraction of sp³-hybridized carbons (Fsp3) is 0.387. The van der Waals surface area contributed by atoms with E-state index < -0.39 is 67.1 Å². The lowest BCUT2D eigenvalue weighted by Crippen LogP contribution is -2.57. The van der Waals surface area contributed by atoms with Gasteiger partial charge in [-0.25, -0.2) is 18.6 Å². The molecule has 4 rings (SSSR count). The first-order valence-corrected chi connectivity index (χ1v) is 14.0. The minimum absolute atomic E-state index is 0.103. The van der Waals surface area contributed by atoms with Gasteiger partial charge in [0, 0.05) is 26.3 Å². The van der Waals surface area contributed by atoms with Crippen LogP contribution in [0, 0.1) is 11.6 Å². The van der Waals surface area contributed by atoms with Crippen molar-refractivity contribution in [2.24, 2.45) is 4.99 Å². The Morgan fingerprint density at radius 2 is 1.69 bits per heavy atom. The predicted octanol–water partition coefficient (Wildman–Crippen LogP) is 5.48. The molecule has 0 aliphatic carbocycles. The maximum atomic E-state index is 14.2. The highest BCUT2D eigenvalue weighted by Crippen LogP contribution is 2.30. The quantitative estimate of drug-likeness (QED) is 0.300. The molecule has 2 N–H and O–H groups in total. The summed E-state index contributed by atoms with van der Waals surface area (Å²) < 4.78 is 84.2. The molecule has 0 radical (unpaired) electrons. The standard InChI is InChI=1S/C31H33F5N4O5/c1-19-14-24(44-17-21-22(32)10-7-11-23(21)33)26-38-28(43-3)25(40(26)15-19)27(41)37-18-30(2,12-13-31(34,35)36)39-29(42)45-16-20-8-5-4-6-9-20/h4-11,14-15,25,28H,12-13,16-18H2,1-3H3,(H,37,41)(H,39,42). The van der Waals surface area contributed by atoms with Crippen LogP contribution in [0.4, 0.5) is 26.7 Å². The molecule has 242 valence electrons. The first kappa shape index (κ1) is 33.4. The largest absolute Gasteiger partial charge is 0.485 e. The van der Waals surface area contributed by atoms with Crippen LogP contribution in [0.25, 0.3) is 0 Å². The van der Waals surface area contributed by atoms with Crippen molar-refractivity contribution in [1.82, 2.24) is 15.5 Å². The molecule has 2 heterocycles. The van der Waals surface area contributed by atoms with E-state index in [1.54, 1.807) is 49.5 Å². The van der Waals surface area contributed by atoms with Crippen molar-refractivity contribution in [2.45, 2.75) is 63.9 Å². The number of carbonyl (C=O) groups is 2. The Morgan fingerprint density at radius 1 is 1.00 bits per heavy atom. The van der Waals surface area contributed by atoms with Gasteiger partial charge in [0.05, 0.1) is 11.1 Å². The average Bonchev–Trinajstić information content (AvgIpc) is 3.36. The molecule has 0 spiro atoms. The zero-order chi connectivity index (χ0) is 32.8. The van der Waals surface area contributed by atoms with Gasteiger partial charge in [0.1, 0.15) is 24.8 Å². The number of nitrogens with zero attached hydrogens (tertiary/aromatic N) is 2. The molecule has 0 aromatic heterocycles. The van der Waals surface area contributed by atoms with Crippen molar-refractivity contribution in [1.29, 1.82) is 0 Å². The second-order valence-corrected chi connectivity index (χ2v) is 10.9. The molecule has 2 aromatic rings. The van der Waals surface area contributed by atoms with Gasteiger partial charge < -0.3 is 29.7 Å². The minimum Gasteiger partial charge on any atom is -0.485 e. The molecule has 0 fully saturated rings. The van der Waals surface area contributed by atoms with Gasteiger partial charge in [0.25, 0.3) is 0 Å². The number of ether oxygens (including phenoxy) is 3. The Balaban J connectivity index is 1.45. The fourth-order valence-electron chi connectivity index (χ4n) is 4.76. The summed E-state index contributed by atoms with van der Waals surface area (Å²) in [6.07, 6.45) is -5.12. The minimum atomic E-state index is -4.51. The number of carbonyl (C=O) groups excluding carboxylic acids is 2. The molecule has 2 amide bonds. The van der Waals surface area contributed by atoms with E-state index in [-0.39, 0.29) is 30.3 Å². The van der Waals surface area contributed by atoms with E-state index in [4.69, 9.17) is 14.2 Å². The lowest BCUT2D eigenvalue weighted by atomic mass is 9.95. The second kappa shape index (κ2) is 14.1. The van der Waals surface area contributed by atoms with Crippen molar-refractivity contribution >= 4 is 17.8 Å². The topological polar surface area (TPSA) is 101 Å². The van der Waals surface area contributed by atoms with E-state index >= 15 is 0 Å². The molecule has 0 saturated heterocycles. The Bertz CT molecular complexity index is 1460. The summed E-state index contributed by atoms with van der Waals surface area (Å²) in [5.41, 5.74) is -0.538. The summed E-state index contributed by atoms with van der Waals surface area (Å²) in [4.78, 5) is 32.0. The number of hydrogen-bond acceptors (Lipinski definition) is 7. The van der Waals surface area contributed by atoms with E-state index in [9.17, 15) is 31.5 Å². The monoisotopic (exact) mass is 636 g/mol.